The van der Waals surface area contributed by atoms with Crippen molar-refractivity contribution in [2.45, 2.75) is 6.04 Å². The van der Waals surface area contributed by atoms with Crippen LogP contribution in [0.15, 0.2) is 24.3 Å². The fourth-order valence-corrected chi connectivity index (χ4v) is 2.22. The Labute approximate surface area is 63.3 Å². The van der Waals surface area contributed by atoms with Crippen molar-refractivity contribution < 1.29 is 0 Å². The SMILES string of the molecule is c1ccc2c(c1)C[Si]CN2. The molecule has 0 aromatic heterocycles. The molecule has 0 atom stereocenters. The summed E-state index contributed by atoms with van der Waals surface area (Å²) in [5.41, 5.74) is 2.81. The van der Waals surface area contributed by atoms with Crippen molar-refractivity contribution in [1.82, 2.24) is 0 Å². The summed E-state index contributed by atoms with van der Waals surface area (Å²) in [5.74, 6) is 0. The summed E-state index contributed by atoms with van der Waals surface area (Å²) in [5, 5.41) is 3.37. The highest BCUT2D eigenvalue weighted by atomic mass is 28.2. The molecular weight excluding hydrogens is 138 g/mol. The van der Waals surface area contributed by atoms with E-state index in [1.165, 1.54) is 17.3 Å². The summed E-state index contributed by atoms with van der Waals surface area (Å²) in [4.78, 5) is 0. The predicted octanol–water partition coefficient (Wildman–Crippen LogP) is 1.27. The first-order chi connectivity index (χ1) is 4.97. The average Bonchev–Trinajstić information content (AvgIpc) is 2.05. The maximum atomic E-state index is 3.37. The Bertz CT molecular complexity index is 209. The normalized spacial score (nSPS) is 15.6. The van der Waals surface area contributed by atoms with Crippen LogP contribution in [0, 0.1) is 0 Å². The van der Waals surface area contributed by atoms with Gasteiger partial charge in [0.25, 0.3) is 0 Å². The standard InChI is InChI=1S/C8H9NSi/c1-2-4-8-7(3-1)5-10-6-9-8/h1-4,9H,5-6H2. The second-order valence-corrected chi connectivity index (χ2v) is 3.64. The smallest absolute Gasteiger partial charge is 0.0687 e. The van der Waals surface area contributed by atoms with Crippen LogP contribution in [-0.2, 0) is 6.04 Å². The Morgan fingerprint density at radius 3 is 3.10 bits per heavy atom. The molecule has 1 aliphatic heterocycles. The number of hydrogen-bond donors (Lipinski definition) is 1. The van der Waals surface area contributed by atoms with Gasteiger partial charge in [-0.3, -0.25) is 0 Å². The van der Waals surface area contributed by atoms with Crippen molar-refractivity contribution in [3.63, 3.8) is 0 Å². The molecule has 2 heteroatoms. The van der Waals surface area contributed by atoms with Crippen molar-refractivity contribution in [1.29, 1.82) is 0 Å². The summed E-state index contributed by atoms with van der Waals surface area (Å²) >= 11 is 0. The topological polar surface area (TPSA) is 12.0 Å². The lowest BCUT2D eigenvalue weighted by molar-refractivity contribution is 1.25. The second-order valence-electron chi connectivity index (χ2n) is 2.44. The van der Waals surface area contributed by atoms with Gasteiger partial charge in [0.1, 0.15) is 0 Å². The molecule has 1 aliphatic rings. The van der Waals surface area contributed by atoms with Gasteiger partial charge < -0.3 is 5.32 Å². The molecule has 0 amide bonds. The van der Waals surface area contributed by atoms with Gasteiger partial charge in [0.15, 0.2) is 0 Å². The van der Waals surface area contributed by atoms with E-state index >= 15 is 0 Å². The van der Waals surface area contributed by atoms with E-state index in [1.54, 1.807) is 0 Å². The van der Waals surface area contributed by atoms with E-state index in [0.717, 1.165) is 15.7 Å². The van der Waals surface area contributed by atoms with Gasteiger partial charge in [-0.1, -0.05) is 18.2 Å². The Morgan fingerprint density at radius 2 is 2.20 bits per heavy atom. The third kappa shape index (κ3) is 0.947. The minimum atomic E-state index is 1.06. The average molecular weight is 147 g/mol. The minimum absolute atomic E-state index is 1.06. The number of fused-ring (bicyclic) bond motifs is 1. The van der Waals surface area contributed by atoms with Crippen molar-refractivity contribution >= 4 is 15.2 Å². The van der Waals surface area contributed by atoms with Gasteiger partial charge in [0.05, 0.1) is 9.52 Å². The highest BCUT2D eigenvalue weighted by Gasteiger charge is 2.05. The molecule has 0 spiro atoms. The first kappa shape index (κ1) is 5.98. The van der Waals surface area contributed by atoms with E-state index in [4.69, 9.17) is 0 Å². The van der Waals surface area contributed by atoms with Gasteiger partial charge in [-0.25, -0.2) is 0 Å². The highest BCUT2D eigenvalue weighted by molar-refractivity contribution is 6.37. The number of anilines is 1. The van der Waals surface area contributed by atoms with Crippen LogP contribution >= 0.6 is 0 Å². The highest BCUT2D eigenvalue weighted by Crippen LogP contribution is 2.17. The van der Waals surface area contributed by atoms with Gasteiger partial charge in [0, 0.05) is 11.9 Å². The van der Waals surface area contributed by atoms with Gasteiger partial charge in [-0.15, -0.1) is 0 Å². The number of benzene rings is 1. The van der Waals surface area contributed by atoms with Crippen molar-refractivity contribution in [3.8, 4) is 0 Å². The van der Waals surface area contributed by atoms with Crippen LogP contribution in [0.1, 0.15) is 5.56 Å². The fourth-order valence-electron chi connectivity index (χ4n) is 1.20. The second kappa shape index (κ2) is 2.46. The Kier molecular flexibility index (Phi) is 1.47. The predicted molar refractivity (Wildman–Crippen MR) is 44.4 cm³/mol. The number of para-hydroxylation sites is 1. The molecule has 0 unspecified atom stereocenters. The van der Waals surface area contributed by atoms with E-state index in [0.29, 0.717) is 0 Å². The summed E-state index contributed by atoms with van der Waals surface area (Å²) < 4.78 is 0. The van der Waals surface area contributed by atoms with E-state index in [9.17, 15) is 0 Å². The molecule has 0 fully saturated rings. The summed E-state index contributed by atoms with van der Waals surface area (Å²) in [6.45, 7) is 0. The van der Waals surface area contributed by atoms with Crippen LogP contribution in [0.4, 0.5) is 5.69 Å². The van der Waals surface area contributed by atoms with Gasteiger partial charge in [-0.05, 0) is 17.7 Å². The lowest BCUT2D eigenvalue weighted by Gasteiger charge is -2.15. The van der Waals surface area contributed by atoms with E-state index < -0.39 is 0 Å². The maximum Gasteiger partial charge on any atom is 0.0687 e. The summed E-state index contributed by atoms with van der Waals surface area (Å²) in [6.07, 6.45) is 1.16. The summed E-state index contributed by atoms with van der Waals surface area (Å²) in [6, 6.07) is 9.81. The largest absolute Gasteiger partial charge is 0.388 e. The van der Waals surface area contributed by atoms with Gasteiger partial charge in [0.2, 0.25) is 0 Å². The molecule has 0 bridgehead atoms. The zero-order chi connectivity index (χ0) is 6.81. The molecule has 1 nitrogen and oxygen atoms in total. The quantitative estimate of drug-likeness (QED) is 0.545. The Balaban J connectivity index is 2.41. The molecule has 10 heavy (non-hydrogen) atoms. The number of hydrogen-bond acceptors (Lipinski definition) is 1. The van der Waals surface area contributed by atoms with Gasteiger partial charge >= 0.3 is 0 Å². The zero-order valence-electron chi connectivity index (χ0n) is 5.72. The molecule has 1 aromatic carbocycles. The number of nitrogens with one attached hydrogen (secondary N) is 1. The lowest BCUT2D eigenvalue weighted by Crippen LogP contribution is -2.19. The molecule has 1 heterocycles. The maximum absolute atomic E-state index is 3.37. The molecule has 2 radical (unpaired) electrons. The van der Waals surface area contributed by atoms with Crippen LogP contribution in [-0.4, -0.2) is 15.7 Å². The van der Waals surface area contributed by atoms with Crippen LogP contribution < -0.4 is 5.32 Å². The Hall–Kier alpha value is -0.763. The van der Waals surface area contributed by atoms with E-state index in [-0.39, 0.29) is 0 Å². The van der Waals surface area contributed by atoms with Crippen LogP contribution in [0.25, 0.3) is 0 Å². The third-order valence-electron chi connectivity index (χ3n) is 1.74. The van der Waals surface area contributed by atoms with E-state index in [1.807, 2.05) is 0 Å². The number of rotatable bonds is 0. The fraction of sp³-hybridized carbons (Fsp3) is 0.250. The van der Waals surface area contributed by atoms with Crippen LogP contribution in [0.3, 0.4) is 0 Å². The molecule has 0 saturated heterocycles. The molecule has 50 valence electrons. The van der Waals surface area contributed by atoms with Gasteiger partial charge in [-0.2, -0.15) is 0 Å². The molecule has 0 saturated carbocycles. The monoisotopic (exact) mass is 147 g/mol. The Morgan fingerprint density at radius 1 is 1.30 bits per heavy atom. The van der Waals surface area contributed by atoms with Crippen molar-refractivity contribution in [2.75, 3.05) is 11.5 Å². The zero-order valence-corrected chi connectivity index (χ0v) is 6.72. The molecule has 2 rings (SSSR count). The lowest BCUT2D eigenvalue weighted by atomic mass is 10.2. The van der Waals surface area contributed by atoms with E-state index in [2.05, 4.69) is 29.6 Å². The van der Waals surface area contributed by atoms with Crippen LogP contribution in [0.2, 0.25) is 0 Å². The minimum Gasteiger partial charge on any atom is -0.388 e. The third-order valence-corrected chi connectivity index (χ3v) is 2.79. The first-order valence-electron chi connectivity index (χ1n) is 3.49. The molecule has 0 aliphatic carbocycles. The molecule has 1 aromatic rings. The summed E-state index contributed by atoms with van der Waals surface area (Å²) in [7, 11) is 1.06. The molecule has 1 N–H and O–H groups in total. The molecular formula is C8H9NSi. The first-order valence-corrected chi connectivity index (χ1v) is 4.91. The van der Waals surface area contributed by atoms with Crippen molar-refractivity contribution in [3.05, 3.63) is 29.8 Å². The van der Waals surface area contributed by atoms with Crippen molar-refractivity contribution in [2.24, 2.45) is 0 Å². The van der Waals surface area contributed by atoms with Crippen LogP contribution in [0.5, 0.6) is 0 Å².